The van der Waals surface area contributed by atoms with E-state index in [1.165, 1.54) is 26.0 Å². The zero-order valence-corrected chi connectivity index (χ0v) is 17.6. The van der Waals surface area contributed by atoms with Gasteiger partial charge in [-0.05, 0) is 29.3 Å². The van der Waals surface area contributed by atoms with E-state index in [2.05, 4.69) is 9.47 Å². The van der Waals surface area contributed by atoms with Gasteiger partial charge in [-0.1, -0.05) is 30.3 Å². The van der Waals surface area contributed by atoms with E-state index >= 15 is 0 Å². The number of aldehydes is 1. The summed E-state index contributed by atoms with van der Waals surface area (Å²) in [6.45, 7) is -0.232. The van der Waals surface area contributed by atoms with E-state index in [1.807, 2.05) is 6.07 Å². The Bertz CT molecular complexity index is 868. The van der Waals surface area contributed by atoms with Gasteiger partial charge in [0.1, 0.15) is 12.0 Å². The van der Waals surface area contributed by atoms with Crippen LogP contribution in [0.25, 0.3) is 0 Å². The Morgan fingerprint density at radius 1 is 1.03 bits per heavy atom. The zero-order valence-electron chi connectivity index (χ0n) is 16.8. The predicted molar refractivity (Wildman–Crippen MR) is 113 cm³/mol. The molecule has 0 aliphatic rings. The molecule has 8 heteroatoms. The number of esters is 2. The van der Waals surface area contributed by atoms with Crippen molar-refractivity contribution in [2.75, 3.05) is 26.6 Å². The number of hydrogen-bond donors (Lipinski definition) is 1. The van der Waals surface area contributed by atoms with Crippen LogP contribution < -0.4 is 4.74 Å². The number of aliphatic hydroxyl groups excluding tert-OH is 1. The normalized spacial score (nSPS) is 12.5. The first-order valence-electron chi connectivity index (χ1n) is 9.19. The fourth-order valence-electron chi connectivity index (χ4n) is 2.71. The summed E-state index contributed by atoms with van der Waals surface area (Å²) >= 11 is 1.39. The summed E-state index contributed by atoms with van der Waals surface area (Å²) in [7, 11) is 2.60. The summed E-state index contributed by atoms with van der Waals surface area (Å²) in [6, 6.07) is 13.7. The lowest BCUT2D eigenvalue weighted by Crippen LogP contribution is -2.13. The van der Waals surface area contributed by atoms with E-state index in [-0.39, 0.29) is 19.0 Å². The zero-order chi connectivity index (χ0) is 21.9. The number of thioether (sulfide) groups is 1. The summed E-state index contributed by atoms with van der Waals surface area (Å²) in [5.41, 5.74) is 1.78. The van der Waals surface area contributed by atoms with E-state index in [1.54, 1.807) is 42.5 Å². The van der Waals surface area contributed by atoms with Gasteiger partial charge in [0.25, 0.3) is 0 Å². The van der Waals surface area contributed by atoms with Crippen molar-refractivity contribution >= 4 is 30.0 Å². The molecule has 2 atom stereocenters. The predicted octanol–water partition coefficient (Wildman–Crippen LogP) is 3.12. The largest absolute Gasteiger partial charge is 0.482 e. The minimum absolute atomic E-state index is 0.192. The van der Waals surface area contributed by atoms with Gasteiger partial charge in [-0.15, -0.1) is 0 Å². The average Bonchev–Trinajstić information content (AvgIpc) is 2.79. The molecule has 0 heterocycles. The molecular formula is C22H24O7S. The number of carbonyl (C=O) groups excluding carboxylic acids is 3. The van der Waals surface area contributed by atoms with Gasteiger partial charge in [0, 0.05) is 11.3 Å². The first-order valence-corrected chi connectivity index (χ1v) is 10.2. The molecule has 0 fully saturated rings. The molecule has 30 heavy (non-hydrogen) atoms. The minimum atomic E-state index is -0.941. The van der Waals surface area contributed by atoms with Crippen LogP contribution in [-0.2, 0) is 19.1 Å². The van der Waals surface area contributed by atoms with Gasteiger partial charge in [0.15, 0.2) is 6.61 Å². The summed E-state index contributed by atoms with van der Waals surface area (Å²) < 4.78 is 14.7. The van der Waals surface area contributed by atoms with Gasteiger partial charge >= 0.3 is 11.9 Å². The van der Waals surface area contributed by atoms with Crippen molar-refractivity contribution < 1.29 is 33.7 Å². The molecule has 7 nitrogen and oxygen atoms in total. The molecule has 0 radical (unpaired) electrons. The molecule has 0 bridgehead atoms. The molecule has 1 N–H and O–H groups in total. The fourth-order valence-corrected chi connectivity index (χ4v) is 3.93. The number of hydrogen-bond acceptors (Lipinski definition) is 8. The smallest absolute Gasteiger partial charge is 0.343 e. The number of benzene rings is 2. The summed E-state index contributed by atoms with van der Waals surface area (Å²) in [6.07, 6.45) is -0.0304. The Morgan fingerprint density at radius 2 is 1.73 bits per heavy atom. The summed E-state index contributed by atoms with van der Waals surface area (Å²) in [5.74, 6) is 0.0314. The van der Waals surface area contributed by atoms with Crippen molar-refractivity contribution in [2.24, 2.45) is 0 Å². The molecule has 2 unspecified atom stereocenters. The molecule has 0 aliphatic carbocycles. The second-order valence-electron chi connectivity index (χ2n) is 6.29. The maximum atomic E-state index is 11.5. The third-order valence-corrected chi connectivity index (χ3v) is 5.61. The highest BCUT2D eigenvalue weighted by atomic mass is 32.2. The Morgan fingerprint density at radius 3 is 2.43 bits per heavy atom. The minimum Gasteiger partial charge on any atom is -0.482 e. The maximum absolute atomic E-state index is 11.5. The van der Waals surface area contributed by atoms with Crippen LogP contribution in [0.1, 0.15) is 39.3 Å². The van der Waals surface area contributed by atoms with Gasteiger partial charge in [-0.2, -0.15) is 11.8 Å². The van der Waals surface area contributed by atoms with Crippen molar-refractivity contribution in [1.29, 1.82) is 0 Å². The fraction of sp³-hybridized carbons (Fsp3) is 0.318. The maximum Gasteiger partial charge on any atom is 0.343 e. The third-order valence-electron chi connectivity index (χ3n) is 4.28. The monoisotopic (exact) mass is 432 g/mol. The van der Waals surface area contributed by atoms with Gasteiger partial charge in [-0.3, -0.25) is 9.59 Å². The van der Waals surface area contributed by atoms with Crippen molar-refractivity contribution in [3.63, 3.8) is 0 Å². The van der Waals surface area contributed by atoms with Crippen LogP contribution in [0.4, 0.5) is 0 Å². The van der Waals surface area contributed by atoms with Crippen LogP contribution >= 0.6 is 11.8 Å². The van der Waals surface area contributed by atoms with E-state index in [0.29, 0.717) is 22.6 Å². The van der Waals surface area contributed by atoms with Crippen LogP contribution in [0, 0.1) is 0 Å². The van der Waals surface area contributed by atoms with Crippen LogP contribution in [0.15, 0.2) is 48.5 Å². The Hall–Kier alpha value is -2.84. The van der Waals surface area contributed by atoms with Crippen molar-refractivity contribution in [1.82, 2.24) is 0 Å². The first kappa shape index (κ1) is 23.4. The van der Waals surface area contributed by atoms with Crippen LogP contribution in [0.5, 0.6) is 5.75 Å². The molecule has 160 valence electrons. The molecule has 0 aliphatic heterocycles. The highest BCUT2D eigenvalue weighted by Gasteiger charge is 2.24. The molecule has 2 aromatic rings. The lowest BCUT2D eigenvalue weighted by atomic mass is 9.99. The second-order valence-corrected chi connectivity index (χ2v) is 7.54. The highest BCUT2D eigenvalue weighted by molar-refractivity contribution is 7.99. The van der Waals surface area contributed by atoms with Gasteiger partial charge in [-0.25, -0.2) is 4.79 Å². The van der Waals surface area contributed by atoms with Gasteiger partial charge < -0.3 is 19.3 Å². The van der Waals surface area contributed by atoms with E-state index in [0.717, 1.165) is 11.8 Å². The van der Waals surface area contributed by atoms with E-state index < -0.39 is 17.3 Å². The molecule has 0 spiro atoms. The van der Waals surface area contributed by atoms with Crippen molar-refractivity contribution in [3.8, 4) is 5.75 Å². The molecule has 0 aromatic heterocycles. The Kier molecular flexibility index (Phi) is 9.37. The number of carbonyl (C=O) groups is 3. The molecular weight excluding hydrogens is 408 g/mol. The second kappa shape index (κ2) is 12.0. The number of methoxy groups -OCH3 is 2. The lowest BCUT2D eigenvalue weighted by molar-refractivity contribution is -0.143. The summed E-state index contributed by atoms with van der Waals surface area (Å²) in [5, 5.41) is 10.6. The molecule has 0 saturated carbocycles. The first-order chi connectivity index (χ1) is 14.5. The molecule has 2 aromatic carbocycles. The lowest BCUT2D eigenvalue weighted by Gasteiger charge is -2.24. The Labute approximate surface area is 179 Å². The SMILES string of the molecule is COC(=O)CCSC(c1cccc(OCC(=O)OC)c1)C(O)c1cccc(C=O)c1. The number of ether oxygens (including phenoxy) is 3. The number of aliphatic hydroxyl groups is 1. The topological polar surface area (TPSA) is 99.1 Å². The highest BCUT2D eigenvalue weighted by Crippen LogP contribution is 2.41. The van der Waals surface area contributed by atoms with Crippen LogP contribution in [0.2, 0.25) is 0 Å². The van der Waals surface area contributed by atoms with E-state index in [9.17, 15) is 19.5 Å². The van der Waals surface area contributed by atoms with Gasteiger partial charge in [0.05, 0.1) is 32.0 Å². The third kappa shape index (κ3) is 6.89. The molecule has 2 rings (SSSR count). The quantitative estimate of drug-likeness (QED) is 0.427. The molecule has 0 amide bonds. The average molecular weight is 432 g/mol. The Balaban J connectivity index is 2.27. The molecule has 0 saturated heterocycles. The van der Waals surface area contributed by atoms with Crippen molar-refractivity contribution in [2.45, 2.75) is 17.8 Å². The number of rotatable bonds is 11. The standard InChI is InChI=1S/C22H24O7S/c1-27-19(24)9-10-30-22(21(26)16-6-3-5-15(11-16)13-23)17-7-4-8-18(12-17)29-14-20(25)28-2/h3-8,11-13,21-22,26H,9-10,14H2,1-2H3. The van der Waals surface area contributed by atoms with Crippen LogP contribution in [-0.4, -0.2) is 49.9 Å². The van der Waals surface area contributed by atoms with Crippen LogP contribution in [0.3, 0.4) is 0 Å². The summed E-state index contributed by atoms with van der Waals surface area (Å²) in [4.78, 5) is 33.9. The van der Waals surface area contributed by atoms with E-state index in [4.69, 9.17) is 4.74 Å². The van der Waals surface area contributed by atoms with Crippen molar-refractivity contribution in [3.05, 3.63) is 65.2 Å². The van der Waals surface area contributed by atoms with Gasteiger partial charge in [0.2, 0.25) is 0 Å².